The molecule has 1 aromatic carbocycles. The number of carbonyl (C=O) groups excluding carboxylic acids is 1. The number of rotatable bonds is 4. The van der Waals surface area contributed by atoms with Crippen LogP contribution in [0.3, 0.4) is 0 Å². The molecule has 5 nitrogen and oxygen atoms in total. The Hall–Kier alpha value is -1.76. The maximum Gasteiger partial charge on any atom is 0.377 e. The van der Waals surface area contributed by atoms with Gasteiger partial charge >= 0.3 is 5.97 Å². The minimum absolute atomic E-state index is 0.380. The van der Waals surface area contributed by atoms with Crippen molar-refractivity contribution >= 4 is 21.6 Å². The first-order valence-electron chi connectivity index (χ1n) is 5.15. The summed E-state index contributed by atoms with van der Waals surface area (Å²) in [5.41, 5.74) is -0.380. The minimum atomic E-state index is -3.69. The Bertz CT molecular complexity index is 631. The zero-order chi connectivity index (χ0) is 13.5. The van der Waals surface area contributed by atoms with Crippen LogP contribution < -0.4 is 0 Å². The van der Waals surface area contributed by atoms with Crippen molar-refractivity contribution in [3.05, 3.63) is 29.6 Å². The lowest BCUT2D eigenvalue weighted by Crippen LogP contribution is -2.14. The summed E-state index contributed by atoms with van der Waals surface area (Å²) in [6.07, 6.45) is 0.995. The number of benzene rings is 1. The van der Waals surface area contributed by atoms with Crippen molar-refractivity contribution in [2.75, 3.05) is 0 Å². The van der Waals surface area contributed by atoms with Crippen LogP contribution >= 0.6 is 0 Å². The molecule has 1 aromatic rings. The third-order valence-electron chi connectivity index (χ3n) is 2.66. The topological polar surface area (TPSA) is 88.5 Å². The molecule has 1 aliphatic carbocycles. The molecule has 0 spiro atoms. The van der Waals surface area contributed by atoms with E-state index in [1.54, 1.807) is 0 Å². The van der Waals surface area contributed by atoms with Gasteiger partial charge in [0.2, 0.25) is 0 Å². The monoisotopic (exact) mass is 272 g/mol. The van der Waals surface area contributed by atoms with E-state index in [0.29, 0.717) is 18.9 Å². The molecular weight excluding hydrogens is 263 g/mol. The van der Waals surface area contributed by atoms with E-state index in [0.717, 1.165) is 12.1 Å². The van der Waals surface area contributed by atoms with Gasteiger partial charge in [-0.1, -0.05) is 0 Å². The molecule has 1 N–H and O–H groups in total. The van der Waals surface area contributed by atoms with Crippen molar-refractivity contribution in [1.82, 2.24) is 0 Å². The second-order valence-corrected chi connectivity index (χ2v) is 6.22. The number of aliphatic carboxylic acids is 1. The number of hydrogen-bond donors (Lipinski definition) is 1. The van der Waals surface area contributed by atoms with Crippen LogP contribution in [0.1, 0.15) is 23.2 Å². The number of halogens is 1. The Balaban J connectivity index is 2.43. The number of carbonyl (C=O) groups is 2. The lowest BCUT2D eigenvalue weighted by molar-refractivity contribution is -0.131. The largest absolute Gasteiger partial charge is 0.475 e. The summed E-state index contributed by atoms with van der Waals surface area (Å²) >= 11 is 0. The molecule has 0 aromatic heterocycles. The number of ketones is 1. The van der Waals surface area contributed by atoms with Crippen molar-refractivity contribution in [2.24, 2.45) is 0 Å². The summed E-state index contributed by atoms with van der Waals surface area (Å²) < 4.78 is 37.2. The van der Waals surface area contributed by atoms with Gasteiger partial charge in [-0.25, -0.2) is 17.6 Å². The van der Waals surface area contributed by atoms with Crippen molar-refractivity contribution in [1.29, 1.82) is 0 Å². The quantitative estimate of drug-likeness (QED) is 0.653. The van der Waals surface area contributed by atoms with Crippen LogP contribution in [-0.2, 0) is 14.6 Å². The van der Waals surface area contributed by atoms with E-state index in [1.807, 2.05) is 0 Å². The minimum Gasteiger partial charge on any atom is -0.475 e. The Morgan fingerprint density at radius 3 is 2.33 bits per heavy atom. The van der Waals surface area contributed by atoms with Crippen molar-refractivity contribution in [3.63, 3.8) is 0 Å². The van der Waals surface area contributed by atoms with Crippen molar-refractivity contribution in [2.45, 2.75) is 23.0 Å². The molecule has 0 saturated heterocycles. The summed E-state index contributed by atoms with van der Waals surface area (Å²) in [7, 11) is -3.69. The van der Waals surface area contributed by atoms with Crippen LogP contribution in [0.4, 0.5) is 4.39 Å². The van der Waals surface area contributed by atoms with Crippen LogP contribution in [-0.4, -0.2) is 30.5 Å². The van der Waals surface area contributed by atoms with Gasteiger partial charge in [0.1, 0.15) is 10.7 Å². The molecule has 1 fully saturated rings. The van der Waals surface area contributed by atoms with Gasteiger partial charge in [-0.3, -0.25) is 4.79 Å². The molecule has 1 aliphatic rings. The van der Waals surface area contributed by atoms with Crippen LogP contribution in [0.5, 0.6) is 0 Å². The van der Waals surface area contributed by atoms with Gasteiger partial charge in [0.25, 0.3) is 5.78 Å². The highest BCUT2D eigenvalue weighted by molar-refractivity contribution is 7.92. The van der Waals surface area contributed by atoms with E-state index in [9.17, 15) is 22.4 Å². The predicted octanol–water partition coefficient (Wildman–Crippen LogP) is 1.03. The number of carboxylic acid groups (broad SMARTS) is 1. The number of sulfone groups is 1. The molecular formula is C11H9FO5S. The first-order chi connectivity index (χ1) is 8.34. The third kappa shape index (κ3) is 2.13. The van der Waals surface area contributed by atoms with Gasteiger partial charge in [-0.05, 0) is 31.0 Å². The molecule has 1 saturated carbocycles. The lowest BCUT2D eigenvalue weighted by Gasteiger charge is -2.05. The Labute approximate surface area is 102 Å². The van der Waals surface area contributed by atoms with Crippen LogP contribution in [0.2, 0.25) is 0 Å². The van der Waals surface area contributed by atoms with Crippen molar-refractivity contribution < 1.29 is 27.5 Å². The lowest BCUT2D eigenvalue weighted by atomic mass is 10.1. The Morgan fingerprint density at radius 2 is 1.89 bits per heavy atom. The highest BCUT2D eigenvalue weighted by atomic mass is 32.2. The Morgan fingerprint density at radius 1 is 1.28 bits per heavy atom. The zero-order valence-corrected chi connectivity index (χ0v) is 9.91. The standard InChI is InChI=1S/C11H9FO5S/c12-8-5-6(10(13)11(14)15)1-4-9(8)18(16,17)7-2-3-7/h1,4-5,7H,2-3H2,(H,14,15). The van der Waals surface area contributed by atoms with E-state index in [2.05, 4.69) is 0 Å². The normalized spacial score (nSPS) is 15.4. The SMILES string of the molecule is O=C(O)C(=O)c1ccc(S(=O)(=O)C2CC2)c(F)c1. The molecule has 0 amide bonds. The summed E-state index contributed by atoms with van der Waals surface area (Å²) in [6, 6.07) is 2.60. The van der Waals surface area contributed by atoms with Gasteiger partial charge in [0.15, 0.2) is 9.84 Å². The highest BCUT2D eigenvalue weighted by Gasteiger charge is 2.38. The summed E-state index contributed by atoms with van der Waals surface area (Å²) in [5, 5.41) is 7.90. The van der Waals surface area contributed by atoms with Crippen LogP contribution in [0.25, 0.3) is 0 Å². The summed E-state index contributed by atoms with van der Waals surface area (Å²) in [6.45, 7) is 0. The van der Waals surface area contributed by atoms with E-state index >= 15 is 0 Å². The molecule has 18 heavy (non-hydrogen) atoms. The zero-order valence-electron chi connectivity index (χ0n) is 9.09. The molecule has 96 valence electrons. The second kappa shape index (κ2) is 4.16. The molecule has 2 rings (SSSR count). The first kappa shape index (κ1) is 12.7. The number of carboxylic acids is 1. The van der Waals surface area contributed by atoms with Crippen molar-refractivity contribution in [3.8, 4) is 0 Å². The maximum absolute atomic E-state index is 13.6. The molecule has 7 heteroatoms. The second-order valence-electron chi connectivity index (χ2n) is 4.02. The van der Waals surface area contributed by atoms with E-state index in [-0.39, 0.29) is 5.56 Å². The van der Waals surface area contributed by atoms with Crippen LogP contribution in [0.15, 0.2) is 23.1 Å². The summed E-state index contributed by atoms with van der Waals surface area (Å²) in [5.74, 6) is -4.08. The summed E-state index contributed by atoms with van der Waals surface area (Å²) in [4.78, 5) is 21.0. The molecule has 0 heterocycles. The maximum atomic E-state index is 13.6. The van der Waals surface area contributed by atoms with Gasteiger partial charge in [0.05, 0.1) is 5.25 Å². The number of hydrogen-bond acceptors (Lipinski definition) is 4. The molecule has 0 aliphatic heterocycles. The van der Waals surface area contributed by atoms with E-state index in [1.165, 1.54) is 0 Å². The fourth-order valence-corrected chi connectivity index (χ4v) is 3.26. The van der Waals surface area contributed by atoms with Gasteiger partial charge in [-0.2, -0.15) is 0 Å². The van der Waals surface area contributed by atoms with E-state index in [4.69, 9.17) is 5.11 Å². The highest BCUT2D eigenvalue weighted by Crippen LogP contribution is 2.34. The fraction of sp³-hybridized carbons (Fsp3) is 0.273. The van der Waals surface area contributed by atoms with Gasteiger partial charge in [0, 0.05) is 5.56 Å². The predicted molar refractivity (Wildman–Crippen MR) is 58.6 cm³/mol. The molecule has 0 unspecified atom stereocenters. The smallest absolute Gasteiger partial charge is 0.377 e. The van der Waals surface area contributed by atoms with Gasteiger partial charge < -0.3 is 5.11 Å². The molecule has 0 bridgehead atoms. The first-order valence-corrected chi connectivity index (χ1v) is 6.69. The third-order valence-corrected chi connectivity index (χ3v) is 4.95. The average molecular weight is 272 g/mol. The van der Waals surface area contributed by atoms with Gasteiger partial charge in [-0.15, -0.1) is 0 Å². The Kier molecular flexibility index (Phi) is 2.94. The number of Topliss-reactive ketones (excluding diaryl/α,β-unsaturated/α-hetero) is 1. The average Bonchev–Trinajstić information content (AvgIpc) is 3.11. The van der Waals surface area contributed by atoms with E-state index < -0.39 is 37.6 Å². The molecule has 0 radical (unpaired) electrons. The fourth-order valence-electron chi connectivity index (χ4n) is 1.55. The van der Waals surface area contributed by atoms with Crippen LogP contribution in [0, 0.1) is 5.82 Å². The molecule has 0 atom stereocenters.